The number of benzene rings is 1. The average Bonchev–Trinajstić information content (AvgIpc) is 3.11. The van der Waals surface area contributed by atoms with Gasteiger partial charge in [0, 0.05) is 36.9 Å². The van der Waals surface area contributed by atoms with E-state index in [2.05, 4.69) is 5.32 Å². The first-order valence-electron chi connectivity index (χ1n) is 7.26. The van der Waals surface area contributed by atoms with E-state index >= 15 is 0 Å². The van der Waals surface area contributed by atoms with E-state index < -0.39 is 0 Å². The summed E-state index contributed by atoms with van der Waals surface area (Å²) in [6, 6.07) is 8.40. The first-order valence-corrected chi connectivity index (χ1v) is 7.64. The van der Waals surface area contributed by atoms with Crippen LogP contribution in [0.1, 0.15) is 10.4 Å². The lowest BCUT2D eigenvalue weighted by Crippen LogP contribution is -2.51. The predicted octanol–water partition coefficient (Wildman–Crippen LogP) is 2.92. The molecule has 1 fully saturated rings. The topological polar surface area (TPSA) is 65.8 Å². The molecule has 0 atom stereocenters. The Kier molecular flexibility index (Phi) is 4.52. The van der Waals surface area contributed by atoms with Crippen LogP contribution in [0.3, 0.4) is 0 Å². The Balaban J connectivity index is 1.53. The largest absolute Gasteiger partial charge is 0.472 e. The van der Waals surface area contributed by atoms with Gasteiger partial charge in [-0.05, 0) is 30.3 Å². The van der Waals surface area contributed by atoms with Crippen molar-refractivity contribution in [3.8, 4) is 0 Å². The number of carbonyl (C=O) groups is 2. The van der Waals surface area contributed by atoms with E-state index in [1.165, 1.54) is 12.5 Å². The zero-order chi connectivity index (χ0) is 16.2. The summed E-state index contributed by atoms with van der Waals surface area (Å²) in [5.41, 5.74) is 1.22. The van der Waals surface area contributed by atoms with Gasteiger partial charge in [0.05, 0.1) is 11.8 Å². The molecule has 3 rings (SSSR count). The quantitative estimate of drug-likeness (QED) is 0.919. The summed E-state index contributed by atoms with van der Waals surface area (Å²) in [6.07, 6.45) is 2.91. The van der Waals surface area contributed by atoms with Gasteiger partial charge in [-0.25, -0.2) is 4.79 Å². The van der Waals surface area contributed by atoms with Crippen LogP contribution in [0, 0.1) is 0 Å². The van der Waals surface area contributed by atoms with Gasteiger partial charge in [-0.3, -0.25) is 4.79 Å². The third-order valence-electron chi connectivity index (χ3n) is 3.72. The van der Waals surface area contributed by atoms with E-state index in [4.69, 9.17) is 16.0 Å². The molecule has 1 aliphatic rings. The number of nitrogens with one attached hydrogen (secondary N) is 1. The molecule has 7 heteroatoms. The maximum atomic E-state index is 12.2. The maximum absolute atomic E-state index is 12.2. The van der Waals surface area contributed by atoms with Gasteiger partial charge in [0.25, 0.3) is 5.91 Å². The summed E-state index contributed by atoms with van der Waals surface area (Å²) in [5.74, 6) is -0.0727. The standard InChI is InChI=1S/C16H16ClN3O3/c17-13-1-3-14(4-2-13)18-16(22)20-8-6-19(7-9-20)15(21)12-5-10-23-11-12/h1-5,10-11H,6-9H2,(H,18,22). The van der Waals surface area contributed by atoms with Gasteiger partial charge in [-0.15, -0.1) is 0 Å². The normalized spacial score (nSPS) is 14.7. The molecule has 0 saturated carbocycles. The number of amides is 3. The summed E-state index contributed by atoms with van der Waals surface area (Å²) in [6.45, 7) is 1.97. The van der Waals surface area contributed by atoms with Crippen LogP contribution in [0.4, 0.5) is 10.5 Å². The third kappa shape index (κ3) is 3.65. The lowest BCUT2D eigenvalue weighted by Gasteiger charge is -2.34. The minimum Gasteiger partial charge on any atom is -0.472 e. The first kappa shape index (κ1) is 15.4. The van der Waals surface area contributed by atoms with Crippen molar-refractivity contribution in [1.82, 2.24) is 9.80 Å². The second-order valence-corrected chi connectivity index (χ2v) is 5.66. The second kappa shape index (κ2) is 6.75. The Morgan fingerprint density at radius 1 is 1.00 bits per heavy atom. The van der Waals surface area contributed by atoms with Crippen molar-refractivity contribution in [3.63, 3.8) is 0 Å². The SMILES string of the molecule is O=C(Nc1ccc(Cl)cc1)N1CCN(C(=O)c2ccoc2)CC1. The number of nitrogens with zero attached hydrogens (tertiary/aromatic N) is 2. The highest BCUT2D eigenvalue weighted by atomic mass is 35.5. The molecule has 0 spiro atoms. The number of rotatable bonds is 2. The molecule has 1 aromatic heterocycles. The molecular weight excluding hydrogens is 318 g/mol. The molecule has 1 saturated heterocycles. The number of urea groups is 1. The molecule has 0 unspecified atom stereocenters. The lowest BCUT2D eigenvalue weighted by atomic mass is 10.2. The molecule has 6 nitrogen and oxygen atoms in total. The van der Waals surface area contributed by atoms with Gasteiger partial charge in [-0.2, -0.15) is 0 Å². The van der Waals surface area contributed by atoms with Crippen LogP contribution >= 0.6 is 11.6 Å². The monoisotopic (exact) mass is 333 g/mol. The molecular formula is C16H16ClN3O3. The van der Waals surface area contributed by atoms with Crippen LogP contribution < -0.4 is 5.32 Å². The molecule has 1 N–H and O–H groups in total. The Bertz CT molecular complexity index is 677. The van der Waals surface area contributed by atoms with Crippen molar-refractivity contribution in [2.45, 2.75) is 0 Å². The Morgan fingerprint density at radius 2 is 1.65 bits per heavy atom. The summed E-state index contributed by atoms with van der Waals surface area (Å²) in [5, 5.41) is 3.44. The Labute approximate surface area is 138 Å². The van der Waals surface area contributed by atoms with Gasteiger partial charge in [-0.1, -0.05) is 11.6 Å². The van der Waals surface area contributed by atoms with Crippen molar-refractivity contribution in [2.75, 3.05) is 31.5 Å². The van der Waals surface area contributed by atoms with Crippen molar-refractivity contribution >= 4 is 29.2 Å². The minimum atomic E-state index is -0.178. The zero-order valence-electron chi connectivity index (χ0n) is 12.4. The van der Waals surface area contributed by atoms with Crippen molar-refractivity contribution in [1.29, 1.82) is 0 Å². The first-order chi connectivity index (χ1) is 11.1. The van der Waals surface area contributed by atoms with E-state index in [-0.39, 0.29) is 11.9 Å². The predicted molar refractivity (Wildman–Crippen MR) is 86.7 cm³/mol. The number of halogens is 1. The fraction of sp³-hybridized carbons (Fsp3) is 0.250. The van der Waals surface area contributed by atoms with Gasteiger partial charge in [0.15, 0.2) is 0 Å². The number of carbonyl (C=O) groups excluding carboxylic acids is 2. The van der Waals surface area contributed by atoms with Crippen LogP contribution in [-0.4, -0.2) is 47.9 Å². The molecule has 2 heterocycles. The zero-order valence-corrected chi connectivity index (χ0v) is 13.1. The van der Waals surface area contributed by atoms with Crippen molar-refractivity contribution in [2.24, 2.45) is 0 Å². The van der Waals surface area contributed by atoms with Crippen molar-refractivity contribution < 1.29 is 14.0 Å². The van der Waals surface area contributed by atoms with Crippen LogP contribution in [0.25, 0.3) is 0 Å². The average molecular weight is 334 g/mol. The number of anilines is 1. The molecule has 1 aromatic carbocycles. The molecule has 3 amide bonds. The van der Waals surface area contributed by atoms with Crippen molar-refractivity contribution in [3.05, 3.63) is 53.4 Å². The maximum Gasteiger partial charge on any atom is 0.321 e. The molecule has 0 bridgehead atoms. The summed E-state index contributed by atoms with van der Waals surface area (Å²) in [4.78, 5) is 27.8. The smallest absolute Gasteiger partial charge is 0.321 e. The third-order valence-corrected chi connectivity index (χ3v) is 3.97. The van der Waals surface area contributed by atoms with Crippen LogP contribution in [0.5, 0.6) is 0 Å². The van der Waals surface area contributed by atoms with E-state index in [0.29, 0.717) is 42.5 Å². The van der Waals surface area contributed by atoms with Crippen LogP contribution in [-0.2, 0) is 0 Å². The molecule has 23 heavy (non-hydrogen) atoms. The Hall–Kier alpha value is -2.47. The lowest BCUT2D eigenvalue weighted by molar-refractivity contribution is 0.0671. The molecule has 120 valence electrons. The van der Waals surface area contributed by atoms with Gasteiger partial charge < -0.3 is 19.5 Å². The Morgan fingerprint density at radius 3 is 2.26 bits per heavy atom. The second-order valence-electron chi connectivity index (χ2n) is 5.23. The fourth-order valence-electron chi connectivity index (χ4n) is 2.42. The fourth-order valence-corrected chi connectivity index (χ4v) is 2.54. The highest BCUT2D eigenvalue weighted by molar-refractivity contribution is 6.30. The molecule has 1 aliphatic heterocycles. The molecule has 0 radical (unpaired) electrons. The number of hydrogen-bond donors (Lipinski definition) is 1. The summed E-state index contributed by atoms with van der Waals surface area (Å²) in [7, 11) is 0. The van der Waals surface area contributed by atoms with E-state index in [1.807, 2.05) is 0 Å². The van der Waals surface area contributed by atoms with E-state index in [9.17, 15) is 9.59 Å². The van der Waals surface area contributed by atoms with Crippen LogP contribution in [0.2, 0.25) is 5.02 Å². The minimum absolute atomic E-state index is 0.0727. The summed E-state index contributed by atoms with van der Waals surface area (Å²) >= 11 is 5.82. The number of piperazine rings is 1. The highest BCUT2D eigenvalue weighted by Crippen LogP contribution is 2.15. The molecule has 0 aliphatic carbocycles. The number of hydrogen-bond acceptors (Lipinski definition) is 3. The summed E-state index contributed by atoms with van der Waals surface area (Å²) < 4.78 is 4.93. The van der Waals surface area contributed by atoms with Gasteiger partial charge in [0.2, 0.25) is 0 Å². The van der Waals surface area contributed by atoms with Gasteiger partial charge in [0.1, 0.15) is 6.26 Å². The number of furan rings is 1. The van der Waals surface area contributed by atoms with Gasteiger partial charge >= 0.3 is 6.03 Å². The van der Waals surface area contributed by atoms with E-state index in [1.54, 1.807) is 40.1 Å². The highest BCUT2D eigenvalue weighted by Gasteiger charge is 2.25. The molecule has 2 aromatic rings. The van der Waals surface area contributed by atoms with E-state index in [0.717, 1.165) is 0 Å². The van der Waals surface area contributed by atoms with Crippen LogP contribution in [0.15, 0.2) is 47.3 Å².